The summed E-state index contributed by atoms with van der Waals surface area (Å²) in [5.41, 5.74) is 4.63. The minimum absolute atomic E-state index is 0.313. The number of nitrogens with zero attached hydrogens (tertiary/aromatic N) is 4. The lowest BCUT2D eigenvalue weighted by molar-refractivity contribution is 0.0955. The molecule has 3 aromatic carbocycles. The van der Waals surface area contributed by atoms with Crippen LogP contribution in [-0.4, -0.2) is 59.4 Å². The maximum Gasteiger partial charge on any atom is 0.231 e. The van der Waals surface area contributed by atoms with Crippen molar-refractivity contribution in [1.82, 2.24) is 19.4 Å². The first-order valence-corrected chi connectivity index (χ1v) is 12.6. The number of methoxy groups -OCH3 is 1. The topological polar surface area (TPSA) is 52.0 Å². The van der Waals surface area contributed by atoms with Crippen LogP contribution in [0.25, 0.3) is 11.0 Å². The number of hydrogen-bond donors (Lipinski definition) is 0. The average molecular weight is 485 g/mol. The quantitative estimate of drug-likeness (QED) is 0.379. The van der Waals surface area contributed by atoms with Crippen molar-refractivity contribution >= 4 is 11.0 Å². The molecule has 186 valence electrons. The van der Waals surface area contributed by atoms with Crippen molar-refractivity contribution in [3.05, 3.63) is 83.7 Å². The van der Waals surface area contributed by atoms with E-state index in [0.29, 0.717) is 12.8 Å². The van der Waals surface area contributed by atoms with Crippen molar-refractivity contribution in [1.29, 1.82) is 0 Å². The molecular weight excluding hydrogens is 452 g/mol. The van der Waals surface area contributed by atoms with Crippen molar-refractivity contribution in [2.75, 3.05) is 40.1 Å². The predicted octanol–water partition coefficient (Wildman–Crippen LogP) is 4.70. The fraction of sp³-hybridized carbons (Fsp3) is 0.345. The molecule has 7 heteroatoms. The van der Waals surface area contributed by atoms with Crippen LogP contribution in [0.1, 0.15) is 29.9 Å². The van der Waals surface area contributed by atoms with E-state index in [0.717, 1.165) is 78.9 Å². The third-order valence-corrected chi connectivity index (χ3v) is 7.45. The fourth-order valence-corrected chi connectivity index (χ4v) is 5.32. The summed E-state index contributed by atoms with van der Waals surface area (Å²) < 4.78 is 19.0. The zero-order valence-corrected chi connectivity index (χ0v) is 20.9. The Balaban J connectivity index is 1.17. The number of hydrogen-bond acceptors (Lipinski definition) is 6. The molecule has 7 nitrogen and oxygen atoms in total. The number of piperazine rings is 1. The van der Waals surface area contributed by atoms with Gasteiger partial charge in [0, 0.05) is 37.8 Å². The lowest BCUT2D eigenvalue weighted by Gasteiger charge is -2.38. The third kappa shape index (κ3) is 4.40. The van der Waals surface area contributed by atoms with Crippen LogP contribution in [0.5, 0.6) is 17.2 Å². The minimum atomic E-state index is 0.313. The van der Waals surface area contributed by atoms with Crippen LogP contribution in [0.4, 0.5) is 0 Å². The van der Waals surface area contributed by atoms with Crippen molar-refractivity contribution < 1.29 is 14.2 Å². The van der Waals surface area contributed by atoms with Crippen molar-refractivity contribution in [2.24, 2.45) is 0 Å². The van der Waals surface area contributed by atoms with Crippen LogP contribution in [-0.2, 0) is 13.1 Å². The van der Waals surface area contributed by atoms with Gasteiger partial charge in [0.05, 0.1) is 31.2 Å². The first-order chi connectivity index (χ1) is 17.7. The van der Waals surface area contributed by atoms with Gasteiger partial charge < -0.3 is 18.8 Å². The van der Waals surface area contributed by atoms with Crippen molar-refractivity contribution in [2.45, 2.75) is 26.1 Å². The van der Waals surface area contributed by atoms with Gasteiger partial charge in [0.1, 0.15) is 11.6 Å². The molecule has 0 aliphatic carbocycles. The summed E-state index contributed by atoms with van der Waals surface area (Å²) in [7, 11) is 1.73. The van der Waals surface area contributed by atoms with E-state index in [4.69, 9.17) is 19.2 Å². The zero-order valence-electron chi connectivity index (χ0n) is 20.9. The maximum absolute atomic E-state index is 5.63. The first-order valence-electron chi connectivity index (χ1n) is 12.6. The summed E-state index contributed by atoms with van der Waals surface area (Å²) in [6.07, 6.45) is 0. The molecule has 3 heterocycles. The number of fused-ring (bicyclic) bond motifs is 2. The first kappa shape index (κ1) is 22.9. The van der Waals surface area contributed by atoms with Gasteiger partial charge in [0.25, 0.3) is 0 Å². The van der Waals surface area contributed by atoms with E-state index >= 15 is 0 Å². The second-order valence-corrected chi connectivity index (χ2v) is 9.52. The Kier molecular flexibility index (Phi) is 6.25. The van der Waals surface area contributed by atoms with Gasteiger partial charge in [-0.05, 0) is 42.8 Å². The highest BCUT2D eigenvalue weighted by Crippen LogP contribution is 2.35. The third-order valence-electron chi connectivity index (χ3n) is 7.45. The Hall–Kier alpha value is -3.55. The van der Waals surface area contributed by atoms with Gasteiger partial charge in [-0.2, -0.15) is 0 Å². The summed E-state index contributed by atoms with van der Waals surface area (Å²) in [6, 6.07) is 23.3. The van der Waals surface area contributed by atoms with Crippen LogP contribution < -0.4 is 14.2 Å². The van der Waals surface area contributed by atoms with Gasteiger partial charge in [-0.1, -0.05) is 36.4 Å². The lowest BCUT2D eigenvalue weighted by Crippen LogP contribution is -2.46. The molecule has 0 radical (unpaired) electrons. The van der Waals surface area contributed by atoms with E-state index in [2.05, 4.69) is 69.8 Å². The Labute approximate surface area is 211 Å². The van der Waals surface area contributed by atoms with E-state index in [-0.39, 0.29) is 0 Å². The van der Waals surface area contributed by atoms with E-state index < -0.39 is 0 Å². The average Bonchev–Trinajstić information content (AvgIpc) is 3.53. The SMILES string of the molecule is COc1ccccc1Cn1c(CN2CCN(C(C)c3ccc4c(c3)OCO4)CC2)nc2ccccc21. The van der Waals surface area contributed by atoms with E-state index in [1.54, 1.807) is 7.11 Å². The van der Waals surface area contributed by atoms with E-state index in [1.165, 1.54) is 5.56 Å². The van der Waals surface area contributed by atoms with Crippen LogP contribution in [0.3, 0.4) is 0 Å². The Morgan fingerprint density at radius 1 is 0.889 bits per heavy atom. The van der Waals surface area contributed by atoms with Gasteiger partial charge in [0.15, 0.2) is 11.5 Å². The second kappa shape index (κ2) is 9.84. The van der Waals surface area contributed by atoms with Crippen LogP contribution >= 0.6 is 0 Å². The summed E-state index contributed by atoms with van der Waals surface area (Å²) in [6.45, 7) is 8.20. The largest absolute Gasteiger partial charge is 0.496 e. The Morgan fingerprint density at radius 3 is 2.53 bits per heavy atom. The fourth-order valence-electron chi connectivity index (χ4n) is 5.32. The molecule has 1 fully saturated rings. The van der Waals surface area contributed by atoms with Crippen molar-refractivity contribution in [3.8, 4) is 17.2 Å². The summed E-state index contributed by atoms with van der Waals surface area (Å²) in [4.78, 5) is 10.1. The highest BCUT2D eigenvalue weighted by Gasteiger charge is 2.25. The molecule has 0 saturated carbocycles. The molecule has 1 saturated heterocycles. The molecule has 1 aromatic heterocycles. The Morgan fingerprint density at radius 2 is 1.67 bits per heavy atom. The second-order valence-electron chi connectivity index (χ2n) is 9.52. The summed E-state index contributed by atoms with van der Waals surface area (Å²) >= 11 is 0. The van der Waals surface area contributed by atoms with Crippen molar-refractivity contribution in [3.63, 3.8) is 0 Å². The van der Waals surface area contributed by atoms with E-state index in [1.807, 2.05) is 18.2 Å². The number of benzene rings is 3. The van der Waals surface area contributed by atoms with Crippen LogP contribution in [0.2, 0.25) is 0 Å². The summed E-state index contributed by atoms with van der Waals surface area (Å²) in [5.74, 6) is 3.70. The van der Waals surface area contributed by atoms with Gasteiger partial charge in [0.2, 0.25) is 6.79 Å². The number of imidazole rings is 1. The molecule has 2 aliphatic heterocycles. The van der Waals surface area contributed by atoms with Gasteiger partial charge in [-0.15, -0.1) is 0 Å². The number of rotatable bonds is 7. The number of ether oxygens (including phenoxy) is 3. The number of aromatic nitrogens is 2. The van der Waals surface area contributed by atoms with Gasteiger partial charge in [-0.25, -0.2) is 4.98 Å². The monoisotopic (exact) mass is 484 g/mol. The van der Waals surface area contributed by atoms with Gasteiger partial charge in [-0.3, -0.25) is 9.80 Å². The van der Waals surface area contributed by atoms with Gasteiger partial charge >= 0.3 is 0 Å². The maximum atomic E-state index is 5.63. The molecule has 36 heavy (non-hydrogen) atoms. The summed E-state index contributed by atoms with van der Waals surface area (Å²) in [5, 5.41) is 0. The molecule has 0 amide bonds. The smallest absolute Gasteiger partial charge is 0.231 e. The highest BCUT2D eigenvalue weighted by molar-refractivity contribution is 5.76. The normalized spacial score (nSPS) is 16.9. The molecule has 1 atom stereocenters. The van der Waals surface area contributed by atoms with E-state index in [9.17, 15) is 0 Å². The molecule has 0 bridgehead atoms. The van der Waals surface area contributed by atoms with Crippen LogP contribution in [0, 0.1) is 0 Å². The standard InChI is InChI=1S/C29H32N4O3/c1-21(22-11-12-27-28(17-22)36-20-35-27)32-15-13-31(14-16-32)19-29-30-24-8-4-5-9-25(24)33(29)18-23-7-3-6-10-26(23)34-2/h3-12,17,21H,13-16,18-20H2,1-2H3. The highest BCUT2D eigenvalue weighted by atomic mass is 16.7. The lowest BCUT2D eigenvalue weighted by atomic mass is 10.1. The molecule has 6 rings (SSSR count). The molecule has 4 aromatic rings. The zero-order chi connectivity index (χ0) is 24.5. The Bertz CT molecular complexity index is 1360. The number of para-hydroxylation sites is 3. The molecule has 0 spiro atoms. The van der Waals surface area contributed by atoms with Crippen LogP contribution in [0.15, 0.2) is 66.7 Å². The molecular formula is C29H32N4O3. The molecule has 0 N–H and O–H groups in total. The molecule has 1 unspecified atom stereocenters. The minimum Gasteiger partial charge on any atom is -0.496 e. The molecule has 2 aliphatic rings. The predicted molar refractivity (Wildman–Crippen MR) is 140 cm³/mol.